The summed E-state index contributed by atoms with van der Waals surface area (Å²) in [6.07, 6.45) is -0.274. The lowest BCUT2D eigenvalue weighted by Crippen LogP contribution is -2.31. The van der Waals surface area contributed by atoms with Crippen LogP contribution in [0.5, 0.6) is 0 Å². The van der Waals surface area contributed by atoms with Crippen LogP contribution in [-0.2, 0) is 20.7 Å². The van der Waals surface area contributed by atoms with Crippen molar-refractivity contribution < 1.29 is 19.2 Å². The molecule has 1 amide bonds. The SMILES string of the molecule is C[C@H](NC(=O)COC(=O)Cc1ccccc1[N+](=O)[O-])c1cccc2ccccc12. The zero-order valence-corrected chi connectivity index (χ0v) is 15.8. The van der Waals surface area contributed by atoms with Crippen LogP contribution in [-0.4, -0.2) is 23.4 Å². The summed E-state index contributed by atoms with van der Waals surface area (Å²) in [6, 6.07) is 19.4. The number of nitrogens with one attached hydrogen (secondary N) is 1. The first-order valence-corrected chi connectivity index (χ1v) is 9.10. The van der Waals surface area contributed by atoms with Gasteiger partial charge in [0.15, 0.2) is 6.61 Å². The second-order valence-corrected chi connectivity index (χ2v) is 6.58. The van der Waals surface area contributed by atoms with Crippen LogP contribution in [0.25, 0.3) is 10.8 Å². The van der Waals surface area contributed by atoms with E-state index in [1.54, 1.807) is 6.07 Å². The number of hydrogen-bond donors (Lipinski definition) is 1. The van der Waals surface area contributed by atoms with Gasteiger partial charge in [0.2, 0.25) is 0 Å². The van der Waals surface area contributed by atoms with Crippen molar-refractivity contribution in [3.63, 3.8) is 0 Å². The summed E-state index contributed by atoms with van der Waals surface area (Å²) in [5, 5.41) is 15.9. The van der Waals surface area contributed by atoms with Gasteiger partial charge in [0, 0.05) is 11.6 Å². The monoisotopic (exact) mass is 392 g/mol. The van der Waals surface area contributed by atoms with Crippen LogP contribution in [0.2, 0.25) is 0 Å². The molecule has 3 aromatic rings. The highest BCUT2D eigenvalue weighted by molar-refractivity contribution is 5.87. The number of carbonyl (C=O) groups excluding carboxylic acids is 2. The third-order valence-corrected chi connectivity index (χ3v) is 4.55. The summed E-state index contributed by atoms with van der Waals surface area (Å²) >= 11 is 0. The average molecular weight is 392 g/mol. The summed E-state index contributed by atoms with van der Waals surface area (Å²) < 4.78 is 4.99. The minimum Gasteiger partial charge on any atom is -0.455 e. The molecule has 0 spiro atoms. The smallest absolute Gasteiger partial charge is 0.311 e. The maximum atomic E-state index is 12.2. The van der Waals surface area contributed by atoms with Crippen LogP contribution in [0.3, 0.4) is 0 Å². The first-order valence-electron chi connectivity index (χ1n) is 9.10. The maximum absolute atomic E-state index is 12.2. The Morgan fingerprint density at radius 3 is 2.52 bits per heavy atom. The molecule has 7 nitrogen and oxygen atoms in total. The first-order chi connectivity index (χ1) is 14.0. The topological polar surface area (TPSA) is 98.5 Å². The van der Waals surface area contributed by atoms with Crippen molar-refractivity contribution in [2.75, 3.05) is 6.61 Å². The Kier molecular flexibility index (Phi) is 6.19. The normalized spacial score (nSPS) is 11.6. The van der Waals surface area contributed by atoms with Crippen molar-refractivity contribution in [2.45, 2.75) is 19.4 Å². The standard InChI is InChI=1S/C22H20N2O5/c1-15(18-11-6-9-16-7-2-4-10-19(16)18)23-21(25)14-29-22(26)13-17-8-3-5-12-20(17)24(27)28/h2-12,15H,13-14H2,1H3,(H,23,25)/t15-/m0/s1. The van der Waals surface area contributed by atoms with Gasteiger partial charge < -0.3 is 10.1 Å². The van der Waals surface area contributed by atoms with Gasteiger partial charge in [-0.2, -0.15) is 0 Å². The van der Waals surface area contributed by atoms with Crippen LogP contribution < -0.4 is 5.32 Å². The van der Waals surface area contributed by atoms with Crippen molar-refractivity contribution in [3.8, 4) is 0 Å². The van der Waals surface area contributed by atoms with Gasteiger partial charge >= 0.3 is 5.97 Å². The van der Waals surface area contributed by atoms with Crippen LogP contribution >= 0.6 is 0 Å². The van der Waals surface area contributed by atoms with Gasteiger partial charge in [-0.15, -0.1) is 0 Å². The van der Waals surface area contributed by atoms with E-state index in [-0.39, 0.29) is 23.7 Å². The fraction of sp³-hybridized carbons (Fsp3) is 0.182. The predicted octanol–water partition coefficient (Wildman–Crippen LogP) is 3.71. The van der Waals surface area contributed by atoms with Gasteiger partial charge in [-0.05, 0) is 23.3 Å². The highest BCUT2D eigenvalue weighted by atomic mass is 16.6. The molecule has 1 N–H and O–H groups in total. The number of ether oxygens (including phenoxy) is 1. The van der Waals surface area contributed by atoms with E-state index < -0.39 is 23.4 Å². The van der Waals surface area contributed by atoms with E-state index in [2.05, 4.69) is 5.32 Å². The lowest BCUT2D eigenvalue weighted by molar-refractivity contribution is -0.385. The molecule has 0 unspecified atom stereocenters. The Bertz CT molecular complexity index is 1060. The molecule has 3 rings (SSSR count). The average Bonchev–Trinajstić information content (AvgIpc) is 2.72. The lowest BCUT2D eigenvalue weighted by atomic mass is 10.00. The van der Waals surface area contributed by atoms with E-state index in [1.807, 2.05) is 49.4 Å². The summed E-state index contributed by atoms with van der Waals surface area (Å²) in [7, 11) is 0. The zero-order chi connectivity index (χ0) is 20.8. The van der Waals surface area contributed by atoms with Crippen molar-refractivity contribution in [1.82, 2.24) is 5.32 Å². The molecule has 0 radical (unpaired) electrons. The largest absolute Gasteiger partial charge is 0.455 e. The van der Waals surface area contributed by atoms with Gasteiger partial charge in [-0.25, -0.2) is 0 Å². The third kappa shape index (κ3) is 4.95. The third-order valence-electron chi connectivity index (χ3n) is 4.55. The molecule has 0 saturated heterocycles. The molecule has 0 aliphatic rings. The lowest BCUT2D eigenvalue weighted by Gasteiger charge is -2.16. The summed E-state index contributed by atoms with van der Waals surface area (Å²) in [6.45, 7) is 1.41. The minimum absolute atomic E-state index is 0.154. The summed E-state index contributed by atoms with van der Waals surface area (Å²) in [4.78, 5) is 34.6. The zero-order valence-electron chi connectivity index (χ0n) is 15.8. The minimum atomic E-state index is -0.702. The molecule has 1 atom stereocenters. The molecule has 0 heterocycles. The number of nitrogens with zero attached hydrogens (tertiary/aromatic N) is 1. The molecular formula is C22H20N2O5. The Morgan fingerprint density at radius 2 is 1.72 bits per heavy atom. The predicted molar refractivity (Wildman–Crippen MR) is 108 cm³/mol. The van der Waals surface area contributed by atoms with Gasteiger partial charge in [0.05, 0.1) is 17.4 Å². The van der Waals surface area contributed by atoms with Crippen molar-refractivity contribution >= 4 is 28.3 Å². The van der Waals surface area contributed by atoms with Crippen LogP contribution in [0.4, 0.5) is 5.69 Å². The Morgan fingerprint density at radius 1 is 1.03 bits per heavy atom. The number of para-hydroxylation sites is 1. The molecule has 0 aliphatic heterocycles. The van der Waals surface area contributed by atoms with E-state index in [1.165, 1.54) is 18.2 Å². The number of carbonyl (C=O) groups is 2. The van der Waals surface area contributed by atoms with E-state index in [4.69, 9.17) is 4.74 Å². The molecule has 0 aliphatic carbocycles. The first kappa shape index (κ1) is 20.0. The van der Waals surface area contributed by atoms with Crippen LogP contribution in [0.1, 0.15) is 24.1 Å². The highest BCUT2D eigenvalue weighted by Crippen LogP contribution is 2.24. The molecule has 7 heteroatoms. The van der Waals surface area contributed by atoms with Gasteiger partial charge in [-0.3, -0.25) is 19.7 Å². The molecule has 0 bridgehead atoms. The molecular weight excluding hydrogens is 372 g/mol. The van der Waals surface area contributed by atoms with E-state index in [9.17, 15) is 19.7 Å². The number of hydrogen-bond acceptors (Lipinski definition) is 5. The number of nitro groups is 1. The quantitative estimate of drug-likeness (QED) is 0.375. The Labute approximate surface area is 167 Å². The fourth-order valence-corrected chi connectivity index (χ4v) is 3.18. The summed E-state index contributed by atoms with van der Waals surface area (Å²) in [5.41, 5.74) is 1.05. The van der Waals surface area contributed by atoms with E-state index in [0.717, 1.165) is 16.3 Å². The number of nitro benzene ring substituents is 1. The van der Waals surface area contributed by atoms with Crippen molar-refractivity contribution in [1.29, 1.82) is 0 Å². The highest BCUT2D eigenvalue weighted by Gasteiger charge is 2.18. The van der Waals surface area contributed by atoms with Gasteiger partial charge in [-0.1, -0.05) is 60.7 Å². The number of esters is 1. The molecule has 0 saturated carbocycles. The fourth-order valence-electron chi connectivity index (χ4n) is 3.18. The van der Waals surface area contributed by atoms with Crippen LogP contribution in [0.15, 0.2) is 66.7 Å². The second-order valence-electron chi connectivity index (χ2n) is 6.58. The Balaban J connectivity index is 1.57. The van der Waals surface area contributed by atoms with Crippen molar-refractivity contribution in [2.24, 2.45) is 0 Å². The maximum Gasteiger partial charge on any atom is 0.311 e. The molecule has 3 aromatic carbocycles. The van der Waals surface area contributed by atoms with E-state index >= 15 is 0 Å². The molecule has 0 aromatic heterocycles. The van der Waals surface area contributed by atoms with Gasteiger partial charge in [0.1, 0.15) is 0 Å². The van der Waals surface area contributed by atoms with E-state index in [0.29, 0.717) is 0 Å². The number of benzene rings is 3. The molecule has 29 heavy (non-hydrogen) atoms. The van der Waals surface area contributed by atoms with Crippen molar-refractivity contribution in [3.05, 3.63) is 88.0 Å². The van der Waals surface area contributed by atoms with Crippen LogP contribution in [0, 0.1) is 10.1 Å². The second kappa shape index (κ2) is 8.97. The Hall–Kier alpha value is -3.74. The van der Waals surface area contributed by atoms with Gasteiger partial charge in [0.25, 0.3) is 11.6 Å². The number of rotatable bonds is 7. The molecule has 0 fully saturated rings. The summed E-state index contributed by atoms with van der Waals surface area (Å²) in [5.74, 6) is -1.14. The number of fused-ring (bicyclic) bond motifs is 1. The number of amides is 1. The molecule has 148 valence electrons.